The number of likely N-dealkylation sites (tertiary alicyclic amines) is 1. The van der Waals surface area contributed by atoms with E-state index in [0.29, 0.717) is 12.8 Å². The molecule has 1 aromatic carbocycles. The Kier molecular flexibility index (Phi) is 4.73. The first-order valence-corrected chi connectivity index (χ1v) is 9.01. The zero-order chi connectivity index (χ0) is 17.4. The highest BCUT2D eigenvalue weighted by Gasteiger charge is 2.48. The highest BCUT2D eigenvalue weighted by atomic mass is 19.3. The lowest BCUT2D eigenvalue weighted by Gasteiger charge is -2.46. The summed E-state index contributed by atoms with van der Waals surface area (Å²) in [6.07, 6.45) is 1.19. The number of piperidine rings is 1. The van der Waals surface area contributed by atoms with E-state index >= 15 is 0 Å². The van der Waals surface area contributed by atoms with E-state index in [1.54, 1.807) is 0 Å². The van der Waals surface area contributed by atoms with Crippen LogP contribution in [0.1, 0.15) is 57.6 Å². The first kappa shape index (κ1) is 17.8. The Labute approximate surface area is 144 Å². The molecule has 134 valence electrons. The maximum atomic E-state index is 13.7. The lowest BCUT2D eigenvalue weighted by atomic mass is 9.82. The third-order valence-corrected chi connectivity index (χ3v) is 5.45. The van der Waals surface area contributed by atoms with Crippen molar-refractivity contribution >= 4 is 0 Å². The van der Waals surface area contributed by atoms with Crippen LogP contribution in [0.25, 0.3) is 0 Å². The summed E-state index contributed by atoms with van der Waals surface area (Å²) in [6, 6.07) is 8.78. The maximum Gasteiger partial charge on any atom is 0.253 e. The van der Waals surface area contributed by atoms with Crippen molar-refractivity contribution < 1.29 is 13.5 Å². The predicted octanol–water partition coefficient (Wildman–Crippen LogP) is 4.76. The van der Waals surface area contributed by atoms with Crippen molar-refractivity contribution in [3.8, 4) is 0 Å². The van der Waals surface area contributed by atoms with Crippen LogP contribution in [0.4, 0.5) is 8.78 Å². The smallest absolute Gasteiger partial charge is 0.253 e. The molecule has 4 heteroatoms. The fraction of sp³-hybridized carbons (Fsp3) is 0.700. The number of benzene rings is 1. The quantitative estimate of drug-likeness (QED) is 0.771. The van der Waals surface area contributed by atoms with E-state index in [4.69, 9.17) is 4.74 Å². The lowest BCUT2D eigenvalue weighted by molar-refractivity contribution is -0.194. The van der Waals surface area contributed by atoms with Gasteiger partial charge in [-0.3, -0.25) is 4.90 Å². The molecule has 0 bridgehead atoms. The minimum Gasteiger partial charge on any atom is -0.374 e. The molecule has 24 heavy (non-hydrogen) atoms. The first-order chi connectivity index (χ1) is 11.2. The SMILES string of the molecule is CC(C)(C)c1ccc(CN2CCC3(CC2)CC(F)(F)CCO3)cc1. The minimum absolute atomic E-state index is 0.103. The van der Waals surface area contributed by atoms with Crippen molar-refractivity contribution in [1.29, 1.82) is 0 Å². The lowest BCUT2D eigenvalue weighted by Crippen LogP contribution is -2.51. The Morgan fingerprint density at radius 1 is 1.04 bits per heavy atom. The van der Waals surface area contributed by atoms with Gasteiger partial charge in [-0.05, 0) is 29.4 Å². The first-order valence-electron chi connectivity index (χ1n) is 9.01. The number of nitrogens with zero attached hydrogens (tertiary/aromatic N) is 1. The van der Waals surface area contributed by atoms with Gasteiger partial charge in [-0.25, -0.2) is 8.78 Å². The molecule has 0 aliphatic carbocycles. The number of alkyl halides is 2. The van der Waals surface area contributed by atoms with Crippen LogP contribution in [0.3, 0.4) is 0 Å². The molecule has 2 fully saturated rings. The van der Waals surface area contributed by atoms with E-state index in [0.717, 1.165) is 19.6 Å². The van der Waals surface area contributed by atoms with E-state index in [1.807, 2.05) is 0 Å². The topological polar surface area (TPSA) is 12.5 Å². The largest absolute Gasteiger partial charge is 0.374 e. The molecule has 2 saturated heterocycles. The van der Waals surface area contributed by atoms with E-state index < -0.39 is 11.5 Å². The summed E-state index contributed by atoms with van der Waals surface area (Å²) < 4.78 is 33.2. The fourth-order valence-electron chi connectivity index (χ4n) is 3.84. The molecule has 1 aromatic rings. The Balaban J connectivity index is 1.56. The van der Waals surface area contributed by atoms with Crippen molar-refractivity contribution in [2.45, 2.75) is 69.9 Å². The highest BCUT2D eigenvalue weighted by molar-refractivity contribution is 5.27. The van der Waals surface area contributed by atoms with E-state index in [-0.39, 0.29) is 24.9 Å². The molecule has 0 aromatic heterocycles. The summed E-state index contributed by atoms with van der Waals surface area (Å²) in [5.41, 5.74) is 2.20. The standard InChI is InChI=1S/C20H29F2NO/c1-18(2,3)17-6-4-16(5-7-17)14-23-11-8-19(9-12-23)15-20(21,22)10-13-24-19/h4-7H,8-15H2,1-3H3. The summed E-state index contributed by atoms with van der Waals surface area (Å²) in [5.74, 6) is -2.55. The van der Waals surface area contributed by atoms with E-state index in [2.05, 4.69) is 49.9 Å². The van der Waals surface area contributed by atoms with Gasteiger partial charge in [0.15, 0.2) is 0 Å². The van der Waals surface area contributed by atoms with Crippen molar-refractivity contribution in [2.24, 2.45) is 0 Å². The van der Waals surface area contributed by atoms with Crippen molar-refractivity contribution in [3.05, 3.63) is 35.4 Å². The second-order valence-corrected chi connectivity index (χ2v) is 8.54. The third-order valence-electron chi connectivity index (χ3n) is 5.45. The second-order valence-electron chi connectivity index (χ2n) is 8.54. The van der Waals surface area contributed by atoms with Crippen LogP contribution in [0.2, 0.25) is 0 Å². The van der Waals surface area contributed by atoms with Crippen molar-refractivity contribution in [3.63, 3.8) is 0 Å². The number of hydrogen-bond acceptors (Lipinski definition) is 2. The molecule has 0 radical (unpaired) electrons. The van der Waals surface area contributed by atoms with Crippen LogP contribution >= 0.6 is 0 Å². The highest BCUT2D eigenvalue weighted by Crippen LogP contribution is 2.42. The maximum absolute atomic E-state index is 13.7. The molecule has 0 amide bonds. The third kappa shape index (κ3) is 4.15. The molecule has 0 saturated carbocycles. The summed E-state index contributed by atoms with van der Waals surface area (Å²) in [5, 5.41) is 0. The Bertz CT molecular complexity index is 554. The fourth-order valence-corrected chi connectivity index (χ4v) is 3.84. The van der Waals surface area contributed by atoms with Gasteiger partial charge >= 0.3 is 0 Å². The zero-order valence-corrected chi connectivity index (χ0v) is 15.1. The van der Waals surface area contributed by atoms with Gasteiger partial charge in [0.1, 0.15) is 0 Å². The molecule has 2 heterocycles. The van der Waals surface area contributed by atoms with Crippen LogP contribution in [0.15, 0.2) is 24.3 Å². The molecular weight excluding hydrogens is 308 g/mol. The Morgan fingerprint density at radius 2 is 1.67 bits per heavy atom. The average Bonchev–Trinajstić information content (AvgIpc) is 2.48. The molecule has 2 aliphatic rings. The molecule has 0 unspecified atom stereocenters. The summed E-state index contributed by atoms with van der Waals surface area (Å²) in [6.45, 7) is 9.39. The van der Waals surface area contributed by atoms with Gasteiger partial charge < -0.3 is 4.74 Å². The molecule has 0 N–H and O–H groups in total. The van der Waals surface area contributed by atoms with Crippen LogP contribution in [0.5, 0.6) is 0 Å². The van der Waals surface area contributed by atoms with Gasteiger partial charge in [-0.1, -0.05) is 45.0 Å². The van der Waals surface area contributed by atoms with Gasteiger partial charge in [0.25, 0.3) is 5.92 Å². The van der Waals surface area contributed by atoms with Gasteiger partial charge in [0.05, 0.1) is 12.2 Å². The van der Waals surface area contributed by atoms with Gasteiger partial charge in [-0.2, -0.15) is 0 Å². The number of hydrogen-bond donors (Lipinski definition) is 0. The molecule has 2 nitrogen and oxygen atoms in total. The van der Waals surface area contributed by atoms with Crippen LogP contribution in [-0.4, -0.2) is 36.1 Å². The Morgan fingerprint density at radius 3 is 2.21 bits per heavy atom. The summed E-state index contributed by atoms with van der Waals surface area (Å²) >= 11 is 0. The zero-order valence-electron chi connectivity index (χ0n) is 15.1. The van der Waals surface area contributed by atoms with Crippen LogP contribution in [0, 0.1) is 0 Å². The van der Waals surface area contributed by atoms with Gasteiger partial charge in [0, 0.05) is 32.5 Å². The van der Waals surface area contributed by atoms with E-state index in [9.17, 15) is 8.78 Å². The molecule has 2 aliphatic heterocycles. The van der Waals surface area contributed by atoms with E-state index in [1.165, 1.54) is 11.1 Å². The minimum atomic E-state index is -2.55. The summed E-state index contributed by atoms with van der Waals surface area (Å²) in [4.78, 5) is 2.35. The number of halogens is 2. The molecule has 0 atom stereocenters. The van der Waals surface area contributed by atoms with Crippen molar-refractivity contribution in [1.82, 2.24) is 4.90 Å². The monoisotopic (exact) mass is 337 g/mol. The van der Waals surface area contributed by atoms with Gasteiger partial charge in [-0.15, -0.1) is 0 Å². The van der Waals surface area contributed by atoms with Crippen LogP contribution in [-0.2, 0) is 16.7 Å². The molecule has 1 spiro atoms. The number of ether oxygens (including phenoxy) is 1. The molecular formula is C20H29F2NO. The van der Waals surface area contributed by atoms with Crippen LogP contribution < -0.4 is 0 Å². The van der Waals surface area contributed by atoms with Crippen molar-refractivity contribution in [2.75, 3.05) is 19.7 Å². The number of rotatable bonds is 2. The Hall–Kier alpha value is -1.00. The van der Waals surface area contributed by atoms with Gasteiger partial charge in [0.2, 0.25) is 0 Å². The normalized spacial score (nSPS) is 24.2. The summed E-state index contributed by atoms with van der Waals surface area (Å²) in [7, 11) is 0. The predicted molar refractivity (Wildman–Crippen MR) is 92.5 cm³/mol. The molecule has 3 rings (SSSR count). The average molecular weight is 337 g/mol. The second kappa shape index (κ2) is 6.38.